The monoisotopic (exact) mass is 397 g/mol. The standard InChI is InChI=1S/C19H22F3N3O3/c1-27-11-13-5-2-3-8-17(13)25-18(23)24-10-15(26)12-28-16-7-4-6-14(9-16)19(20,21)22/h2-9,15,26H,10-12H2,1H3,(H3,23,24,25). The fourth-order valence-corrected chi connectivity index (χ4v) is 2.31. The van der Waals surface area contributed by atoms with Gasteiger partial charge in [-0.1, -0.05) is 24.3 Å². The topological polar surface area (TPSA) is 89.1 Å². The van der Waals surface area contributed by atoms with Gasteiger partial charge in [-0.25, -0.2) is 0 Å². The van der Waals surface area contributed by atoms with Gasteiger partial charge in [-0.15, -0.1) is 0 Å². The zero-order valence-electron chi connectivity index (χ0n) is 15.2. The van der Waals surface area contributed by atoms with Crippen molar-refractivity contribution in [2.24, 2.45) is 10.7 Å². The van der Waals surface area contributed by atoms with E-state index < -0.39 is 17.8 Å². The molecule has 0 aromatic heterocycles. The molecular weight excluding hydrogens is 375 g/mol. The van der Waals surface area contributed by atoms with Crippen LogP contribution in [0.25, 0.3) is 0 Å². The molecule has 0 radical (unpaired) electrons. The Kier molecular flexibility index (Phi) is 7.65. The average molecular weight is 397 g/mol. The minimum atomic E-state index is -4.46. The number of alkyl halides is 3. The number of guanidine groups is 1. The summed E-state index contributed by atoms with van der Waals surface area (Å²) >= 11 is 0. The molecule has 0 heterocycles. The van der Waals surface area contributed by atoms with Crippen molar-refractivity contribution in [2.45, 2.75) is 18.9 Å². The van der Waals surface area contributed by atoms with E-state index in [1.807, 2.05) is 24.3 Å². The van der Waals surface area contributed by atoms with Gasteiger partial charge in [-0.3, -0.25) is 4.99 Å². The molecule has 0 aliphatic carbocycles. The molecule has 0 aliphatic rings. The van der Waals surface area contributed by atoms with Gasteiger partial charge in [0.15, 0.2) is 5.96 Å². The molecule has 28 heavy (non-hydrogen) atoms. The fourth-order valence-electron chi connectivity index (χ4n) is 2.31. The number of aliphatic hydroxyl groups excluding tert-OH is 1. The van der Waals surface area contributed by atoms with E-state index in [1.165, 1.54) is 12.1 Å². The first-order chi connectivity index (χ1) is 13.3. The summed E-state index contributed by atoms with van der Waals surface area (Å²) in [5.74, 6) is 0.0964. The van der Waals surface area contributed by atoms with Crippen LogP contribution < -0.4 is 15.8 Å². The molecule has 0 fully saturated rings. The third kappa shape index (κ3) is 6.75. The fraction of sp³-hybridized carbons (Fsp3) is 0.316. The van der Waals surface area contributed by atoms with Gasteiger partial charge in [-0.05, 0) is 24.3 Å². The number of hydrogen-bond donors (Lipinski definition) is 3. The number of para-hydroxylation sites is 1. The number of benzene rings is 2. The summed E-state index contributed by atoms with van der Waals surface area (Å²) in [7, 11) is 1.58. The highest BCUT2D eigenvalue weighted by Gasteiger charge is 2.30. The Morgan fingerprint density at radius 3 is 2.68 bits per heavy atom. The molecule has 152 valence electrons. The SMILES string of the molecule is COCc1ccccc1NC(N)=NCC(O)COc1cccc(C(F)(F)F)c1. The van der Waals surface area contributed by atoms with Crippen LogP contribution in [0.5, 0.6) is 5.75 Å². The minimum Gasteiger partial charge on any atom is -0.491 e. The molecule has 0 saturated heterocycles. The quantitative estimate of drug-likeness (QED) is 0.471. The predicted octanol–water partition coefficient (Wildman–Crippen LogP) is 3.02. The summed E-state index contributed by atoms with van der Waals surface area (Å²) in [6.07, 6.45) is -5.49. The Bertz CT molecular complexity index is 797. The number of hydrogen-bond acceptors (Lipinski definition) is 4. The third-order valence-electron chi connectivity index (χ3n) is 3.66. The summed E-state index contributed by atoms with van der Waals surface area (Å²) in [4.78, 5) is 4.02. The number of ether oxygens (including phenoxy) is 2. The van der Waals surface area contributed by atoms with Crippen molar-refractivity contribution in [3.63, 3.8) is 0 Å². The lowest BCUT2D eigenvalue weighted by Gasteiger charge is -2.14. The first-order valence-electron chi connectivity index (χ1n) is 8.41. The zero-order valence-corrected chi connectivity index (χ0v) is 15.2. The maximum atomic E-state index is 12.7. The number of halogens is 3. The molecule has 2 aromatic carbocycles. The predicted molar refractivity (Wildman–Crippen MR) is 100 cm³/mol. The number of aliphatic hydroxyl groups is 1. The van der Waals surface area contributed by atoms with Crippen LogP contribution >= 0.6 is 0 Å². The number of anilines is 1. The van der Waals surface area contributed by atoms with E-state index in [-0.39, 0.29) is 24.9 Å². The molecule has 0 spiro atoms. The van der Waals surface area contributed by atoms with Crippen molar-refractivity contribution >= 4 is 11.6 Å². The third-order valence-corrected chi connectivity index (χ3v) is 3.66. The summed E-state index contributed by atoms with van der Waals surface area (Å²) in [5, 5.41) is 12.9. The van der Waals surface area contributed by atoms with Crippen LogP contribution in [0.2, 0.25) is 0 Å². The maximum Gasteiger partial charge on any atom is 0.416 e. The number of nitrogens with zero attached hydrogens (tertiary/aromatic N) is 1. The van der Waals surface area contributed by atoms with E-state index in [2.05, 4.69) is 10.3 Å². The molecule has 2 aromatic rings. The van der Waals surface area contributed by atoms with E-state index in [0.29, 0.717) is 6.61 Å². The molecule has 2 rings (SSSR count). The van der Waals surface area contributed by atoms with Gasteiger partial charge >= 0.3 is 6.18 Å². The Labute approximate surface area is 160 Å². The Morgan fingerprint density at radius 1 is 1.21 bits per heavy atom. The van der Waals surface area contributed by atoms with E-state index in [1.54, 1.807) is 7.11 Å². The van der Waals surface area contributed by atoms with Gasteiger partial charge in [0, 0.05) is 18.4 Å². The van der Waals surface area contributed by atoms with Gasteiger partial charge in [0.05, 0.1) is 18.7 Å². The molecular formula is C19H22F3N3O3. The van der Waals surface area contributed by atoms with Gasteiger partial charge in [0.1, 0.15) is 18.5 Å². The lowest BCUT2D eigenvalue weighted by molar-refractivity contribution is -0.137. The van der Waals surface area contributed by atoms with Crippen LogP contribution in [-0.4, -0.2) is 37.4 Å². The highest BCUT2D eigenvalue weighted by Crippen LogP contribution is 2.31. The lowest BCUT2D eigenvalue weighted by Crippen LogP contribution is -2.27. The molecule has 9 heteroatoms. The molecule has 4 N–H and O–H groups in total. The normalized spacial score (nSPS) is 13.2. The number of aliphatic imine (C=N–C) groups is 1. The van der Waals surface area contributed by atoms with E-state index >= 15 is 0 Å². The summed E-state index contributed by atoms with van der Waals surface area (Å²) in [6, 6.07) is 11.8. The van der Waals surface area contributed by atoms with Crippen molar-refractivity contribution in [1.82, 2.24) is 0 Å². The van der Waals surface area contributed by atoms with E-state index in [0.717, 1.165) is 23.4 Å². The van der Waals surface area contributed by atoms with Crippen LogP contribution in [0.15, 0.2) is 53.5 Å². The molecule has 1 atom stereocenters. The van der Waals surface area contributed by atoms with E-state index in [9.17, 15) is 18.3 Å². The van der Waals surface area contributed by atoms with Crippen LogP contribution in [0, 0.1) is 0 Å². The van der Waals surface area contributed by atoms with Gasteiger partial charge in [-0.2, -0.15) is 13.2 Å². The molecule has 1 unspecified atom stereocenters. The van der Waals surface area contributed by atoms with Crippen LogP contribution in [0.4, 0.5) is 18.9 Å². The first-order valence-corrected chi connectivity index (χ1v) is 8.41. The number of nitrogens with one attached hydrogen (secondary N) is 1. The smallest absolute Gasteiger partial charge is 0.416 e. The molecule has 0 amide bonds. The molecule has 0 aliphatic heterocycles. The highest BCUT2D eigenvalue weighted by molar-refractivity contribution is 5.92. The van der Waals surface area contributed by atoms with Crippen molar-refractivity contribution < 1.29 is 27.8 Å². The van der Waals surface area contributed by atoms with Gasteiger partial charge in [0.25, 0.3) is 0 Å². The zero-order chi connectivity index (χ0) is 20.6. The number of nitrogens with two attached hydrogens (primary N) is 1. The van der Waals surface area contributed by atoms with Crippen molar-refractivity contribution in [1.29, 1.82) is 0 Å². The minimum absolute atomic E-state index is 0.0115. The maximum absolute atomic E-state index is 12.7. The summed E-state index contributed by atoms with van der Waals surface area (Å²) in [6.45, 7) is 0.0898. The highest BCUT2D eigenvalue weighted by atomic mass is 19.4. The summed E-state index contributed by atoms with van der Waals surface area (Å²) < 4.78 is 48.4. The first kappa shape index (κ1) is 21.5. The molecule has 6 nitrogen and oxygen atoms in total. The number of methoxy groups -OCH3 is 1. The second kappa shape index (κ2) is 9.95. The lowest BCUT2D eigenvalue weighted by atomic mass is 10.2. The van der Waals surface area contributed by atoms with Crippen LogP contribution in [0.1, 0.15) is 11.1 Å². The second-order valence-electron chi connectivity index (χ2n) is 5.93. The average Bonchev–Trinajstić information content (AvgIpc) is 2.66. The van der Waals surface area contributed by atoms with Crippen LogP contribution in [0.3, 0.4) is 0 Å². The Morgan fingerprint density at radius 2 is 1.96 bits per heavy atom. The Hall–Kier alpha value is -2.78. The molecule has 0 saturated carbocycles. The second-order valence-corrected chi connectivity index (χ2v) is 5.93. The van der Waals surface area contributed by atoms with Crippen molar-refractivity contribution in [2.75, 3.05) is 25.6 Å². The van der Waals surface area contributed by atoms with Gasteiger partial charge in [0.2, 0.25) is 0 Å². The van der Waals surface area contributed by atoms with Crippen LogP contribution in [-0.2, 0) is 17.5 Å². The Balaban J connectivity index is 1.87. The largest absolute Gasteiger partial charge is 0.491 e. The molecule has 0 bridgehead atoms. The van der Waals surface area contributed by atoms with Crippen molar-refractivity contribution in [3.05, 3.63) is 59.7 Å². The van der Waals surface area contributed by atoms with Gasteiger partial charge < -0.3 is 25.6 Å². The van der Waals surface area contributed by atoms with Crippen molar-refractivity contribution in [3.8, 4) is 5.75 Å². The number of rotatable bonds is 8. The van der Waals surface area contributed by atoms with E-state index in [4.69, 9.17) is 15.2 Å². The summed E-state index contributed by atoms with van der Waals surface area (Å²) in [5.41, 5.74) is 6.60.